The van der Waals surface area contributed by atoms with Gasteiger partial charge in [-0.3, -0.25) is 0 Å². The molecule has 0 spiro atoms. The van der Waals surface area contributed by atoms with Crippen molar-refractivity contribution in [3.05, 3.63) is 103 Å². The first-order valence-electron chi connectivity index (χ1n) is 9.58. The molecule has 150 valence electrons. The molecule has 30 heavy (non-hydrogen) atoms. The number of hydrogen-bond acceptors (Lipinski definition) is 2. The monoisotopic (exact) mass is 554 g/mol. The number of thiophene rings is 2. The summed E-state index contributed by atoms with van der Waals surface area (Å²) in [6.45, 7) is 0. The molecule has 0 atom stereocenters. The van der Waals surface area contributed by atoms with E-state index in [0.717, 1.165) is 10.7 Å². The molecule has 0 bridgehead atoms. The second-order valence-corrected chi connectivity index (χ2v) is 9.83. The second-order valence-electron chi connectivity index (χ2n) is 6.81. The van der Waals surface area contributed by atoms with Gasteiger partial charge in [0.2, 0.25) is 0 Å². The van der Waals surface area contributed by atoms with Crippen molar-refractivity contribution in [2.24, 2.45) is 0 Å². The van der Waals surface area contributed by atoms with Crippen molar-refractivity contribution in [3.63, 3.8) is 0 Å². The van der Waals surface area contributed by atoms with Gasteiger partial charge in [0.25, 0.3) is 0 Å². The Labute approximate surface area is 202 Å². The molecule has 4 aromatic rings. The van der Waals surface area contributed by atoms with Crippen LogP contribution in [0.15, 0.2) is 71.4 Å². The van der Waals surface area contributed by atoms with E-state index >= 15 is 0 Å². The molecule has 0 radical (unpaired) electrons. The SMILES string of the molecule is BrCc1ccc(C=Cc2sccc2-c2ccsc2C=Cc2ccc(CBr)cc2)cc1. The first-order chi connectivity index (χ1) is 14.8. The van der Waals surface area contributed by atoms with Crippen LogP contribution in [-0.2, 0) is 10.7 Å². The Balaban J connectivity index is 1.56. The molecule has 4 heteroatoms. The molecule has 0 aliphatic rings. The average molecular weight is 556 g/mol. The van der Waals surface area contributed by atoms with E-state index in [-0.39, 0.29) is 0 Å². The second kappa shape index (κ2) is 10.5. The molecule has 2 heterocycles. The molecule has 0 fully saturated rings. The van der Waals surface area contributed by atoms with Crippen LogP contribution in [0.4, 0.5) is 0 Å². The van der Waals surface area contributed by atoms with Crippen molar-refractivity contribution >= 4 is 78.8 Å². The largest absolute Gasteiger partial charge is 0.144 e. The minimum absolute atomic E-state index is 0.890. The minimum atomic E-state index is 0.890. The van der Waals surface area contributed by atoms with Crippen LogP contribution in [0.2, 0.25) is 0 Å². The van der Waals surface area contributed by atoms with Gasteiger partial charge in [0.15, 0.2) is 0 Å². The Hall–Kier alpha value is -1.72. The van der Waals surface area contributed by atoms with E-state index in [1.54, 1.807) is 22.7 Å². The number of benzene rings is 2. The van der Waals surface area contributed by atoms with E-state index in [1.165, 1.54) is 43.1 Å². The Morgan fingerprint density at radius 3 is 1.30 bits per heavy atom. The summed E-state index contributed by atoms with van der Waals surface area (Å²) in [5.41, 5.74) is 7.61. The molecule has 0 nitrogen and oxygen atoms in total. The summed E-state index contributed by atoms with van der Waals surface area (Å²) in [5.74, 6) is 0. The van der Waals surface area contributed by atoms with Gasteiger partial charge in [0.1, 0.15) is 0 Å². The van der Waals surface area contributed by atoms with Gasteiger partial charge in [-0.05, 0) is 57.3 Å². The minimum Gasteiger partial charge on any atom is -0.144 e. The fourth-order valence-corrected chi connectivity index (χ4v) is 5.48. The van der Waals surface area contributed by atoms with Crippen LogP contribution in [0.25, 0.3) is 35.4 Å². The van der Waals surface area contributed by atoms with E-state index < -0.39 is 0 Å². The summed E-state index contributed by atoms with van der Waals surface area (Å²) in [6, 6.07) is 21.8. The topological polar surface area (TPSA) is 0 Å². The van der Waals surface area contributed by atoms with E-state index in [4.69, 9.17) is 0 Å². The van der Waals surface area contributed by atoms with Crippen LogP contribution < -0.4 is 0 Å². The Morgan fingerprint density at radius 1 is 0.533 bits per heavy atom. The lowest BCUT2D eigenvalue weighted by Gasteiger charge is -2.01. The standard InChI is InChI=1S/C26H20Br2S2/c27-17-21-5-1-19(2-6-21)9-11-25-23(13-15-29-25)24-14-16-30-26(24)12-10-20-3-7-22(18-28)8-4-20/h1-16H,17-18H2. The summed E-state index contributed by atoms with van der Waals surface area (Å²) in [4.78, 5) is 2.57. The lowest BCUT2D eigenvalue weighted by atomic mass is 10.1. The zero-order chi connectivity index (χ0) is 20.8. The molecular weight excluding hydrogens is 536 g/mol. The Morgan fingerprint density at radius 2 is 0.933 bits per heavy atom. The zero-order valence-corrected chi connectivity index (χ0v) is 21.0. The highest BCUT2D eigenvalue weighted by Crippen LogP contribution is 2.36. The van der Waals surface area contributed by atoms with Crippen molar-refractivity contribution < 1.29 is 0 Å². The van der Waals surface area contributed by atoms with E-state index in [9.17, 15) is 0 Å². The lowest BCUT2D eigenvalue weighted by Crippen LogP contribution is -1.79. The predicted octanol–water partition coefficient (Wildman–Crippen LogP) is 9.61. The molecule has 0 aliphatic carbocycles. The lowest BCUT2D eigenvalue weighted by molar-refractivity contribution is 1.43. The van der Waals surface area contributed by atoms with Gasteiger partial charge < -0.3 is 0 Å². The van der Waals surface area contributed by atoms with Crippen LogP contribution in [0.5, 0.6) is 0 Å². The quantitative estimate of drug-likeness (QED) is 0.199. The van der Waals surface area contributed by atoms with Crippen LogP contribution in [0.1, 0.15) is 32.0 Å². The number of alkyl halides is 2. The summed E-state index contributed by atoms with van der Waals surface area (Å²) in [6.07, 6.45) is 8.85. The van der Waals surface area contributed by atoms with Crippen molar-refractivity contribution in [2.75, 3.05) is 0 Å². The van der Waals surface area contributed by atoms with Crippen molar-refractivity contribution in [1.82, 2.24) is 0 Å². The van der Waals surface area contributed by atoms with Crippen LogP contribution in [0, 0.1) is 0 Å². The van der Waals surface area contributed by atoms with Gasteiger partial charge in [0, 0.05) is 31.5 Å². The molecular formula is C26H20Br2S2. The van der Waals surface area contributed by atoms with E-state index in [2.05, 4.69) is 128 Å². The van der Waals surface area contributed by atoms with Gasteiger partial charge >= 0.3 is 0 Å². The Bertz CT molecular complexity index is 1050. The van der Waals surface area contributed by atoms with Crippen molar-refractivity contribution in [3.8, 4) is 11.1 Å². The number of hydrogen-bond donors (Lipinski definition) is 0. The third-order valence-electron chi connectivity index (χ3n) is 4.80. The van der Waals surface area contributed by atoms with Crippen LogP contribution >= 0.6 is 54.5 Å². The highest BCUT2D eigenvalue weighted by atomic mass is 79.9. The molecule has 0 saturated carbocycles. The maximum absolute atomic E-state index is 3.50. The summed E-state index contributed by atoms with van der Waals surface area (Å²) >= 11 is 10.6. The number of halogens is 2. The maximum atomic E-state index is 3.50. The zero-order valence-electron chi connectivity index (χ0n) is 16.2. The molecule has 0 N–H and O–H groups in total. The fraction of sp³-hybridized carbons (Fsp3) is 0.0769. The average Bonchev–Trinajstić information content (AvgIpc) is 3.45. The molecule has 0 aliphatic heterocycles. The van der Waals surface area contributed by atoms with Gasteiger partial charge in [-0.25, -0.2) is 0 Å². The van der Waals surface area contributed by atoms with E-state index in [0.29, 0.717) is 0 Å². The summed E-state index contributed by atoms with van der Waals surface area (Å²) in [7, 11) is 0. The van der Waals surface area contributed by atoms with Gasteiger partial charge in [-0.1, -0.05) is 92.5 Å². The third-order valence-corrected chi connectivity index (χ3v) is 7.86. The predicted molar refractivity (Wildman–Crippen MR) is 144 cm³/mol. The maximum Gasteiger partial charge on any atom is 0.0349 e. The molecule has 4 rings (SSSR count). The van der Waals surface area contributed by atoms with Gasteiger partial charge in [-0.2, -0.15) is 0 Å². The van der Waals surface area contributed by atoms with Gasteiger partial charge in [0.05, 0.1) is 0 Å². The molecule has 2 aromatic carbocycles. The summed E-state index contributed by atoms with van der Waals surface area (Å²) in [5, 5.41) is 6.13. The Kier molecular flexibility index (Phi) is 7.56. The third kappa shape index (κ3) is 5.30. The highest BCUT2D eigenvalue weighted by Gasteiger charge is 2.09. The normalized spacial score (nSPS) is 11.7. The van der Waals surface area contributed by atoms with E-state index in [1.807, 2.05) is 0 Å². The molecule has 0 amide bonds. The van der Waals surface area contributed by atoms with Gasteiger partial charge in [-0.15, -0.1) is 22.7 Å². The number of rotatable bonds is 7. The summed E-state index contributed by atoms with van der Waals surface area (Å²) < 4.78 is 0. The molecule has 0 saturated heterocycles. The van der Waals surface area contributed by atoms with Crippen LogP contribution in [-0.4, -0.2) is 0 Å². The highest BCUT2D eigenvalue weighted by molar-refractivity contribution is 9.08. The van der Waals surface area contributed by atoms with Crippen molar-refractivity contribution in [1.29, 1.82) is 0 Å². The molecule has 0 unspecified atom stereocenters. The molecule has 2 aromatic heterocycles. The smallest absolute Gasteiger partial charge is 0.0349 e. The van der Waals surface area contributed by atoms with Crippen molar-refractivity contribution in [2.45, 2.75) is 10.7 Å². The first kappa shape index (κ1) is 21.5. The van der Waals surface area contributed by atoms with Crippen LogP contribution in [0.3, 0.4) is 0 Å². The first-order valence-corrected chi connectivity index (χ1v) is 13.6. The fourth-order valence-electron chi connectivity index (χ4n) is 3.12.